The molecule has 2 unspecified atom stereocenters. The molecule has 0 bridgehead atoms. The van der Waals surface area contributed by atoms with Gasteiger partial charge in [-0.3, -0.25) is 4.79 Å². The van der Waals surface area contributed by atoms with Crippen LogP contribution in [-0.4, -0.2) is 42.9 Å². The first kappa shape index (κ1) is 27.8. The Hall–Kier alpha value is -1.43. The number of hydrogen-bond donors (Lipinski definition) is 2. The number of aliphatic hydroxyl groups excluding tert-OH is 1. The maximum atomic E-state index is 13.6. The molecule has 1 amide bonds. The Morgan fingerprint density at radius 1 is 1.06 bits per heavy atom. The van der Waals surface area contributed by atoms with Crippen molar-refractivity contribution in [3.8, 4) is 0 Å². The highest BCUT2D eigenvalue weighted by Crippen LogP contribution is 2.39. The molecule has 2 atom stereocenters. The van der Waals surface area contributed by atoms with E-state index in [0.717, 1.165) is 82.1 Å². The number of ether oxygens (including phenoxy) is 1. The third kappa shape index (κ3) is 8.08. The number of fused-ring (bicyclic) bond motifs is 1. The summed E-state index contributed by atoms with van der Waals surface area (Å²) < 4.78 is 6.71. The highest BCUT2D eigenvalue weighted by Gasteiger charge is 2.38. The fraction of sp³-hybridized carbons (Fsp3) is 0.750. The zero-order valence-electron chi connectivity index (χ0n) is 21.6. The molecule has 2 rings (SSSR count). The average molecular weight is 461 g/mol. The van der Waals surface area contributed by atoms with Gasteiger partial charge >= 0.3 is 0 Å². The van der Waals surface area contributed by atoms with Crippen LogP contribution in [0.25, 0.3) is 0 Å². The molecule has 1 aliphatic rings. The molecule has 0 fully saturated rings. The monoisotopic (exact) mass is 460 g/mol. The van der Waals surface area contributed by atoms with Gasteiger partial charge in [-0.2, -0.15) is 0 Å². The third-order valence-corrected chi connectivity index (χ3v) is 6.85. The summed E-state index contributed by atoms with van der Waals surface area (Å²) in [5.41, 5.74) is 1.35. The van der Waals surface area contributed by atoms with Gasteiger partial charge < -0.3 is 20.1 Å². The van der Waals surface area contributed by atoms with Gasteiger partial charge in [0.05, 0.1) is 24.9 Å². The molecule has 33 heavy (non-hydrogen) atoms. The Bertz CT molecular complexity index is 687. The SMILES string of the molecule is CCCCC1COC(CCC)(CCC)CN(C(=O)CCCNCCC)c2ccccc2C1O. The van der Waals surface area contributed by atoms with Crippen LogP contribution in [-0.2, 0) is 9.53 Å². The fourth-order valence-corrected chi connectivity index (χ4v) is 5.10. The number of unbranched alkanes of at least 4 members (excludes halogenated alkanes) is 1. The number of carbonyl (C=O) groups excluding carboxylic acids is 1. The van der Waals surface area contributed by atoms with Crippen LogP contribution in [0.5, 0.6) is 0 Å². The second-order valence-electron chi connectivity index (χ2n) is 9.73. The smallest absolute Gasteiger partial charge is 0.227 e. The van der Waals surface area contributed by atoms with Gasteiger partial charge in [0.15, 0.2) is 0 Å². The van der Waals surface area contributed by atoms with Crippen molar-refractivity contribution >= 4 is 11.6 Å². The van der Waals surface area contributed by atoms with Gasteiger partial charge in [0.25, 0.3) is 0 Å². The number of anilines is 1. The Labute approximate surface area is 202 Å². The van der Waals surface area contributed by atoms with Gasteiger partial charge in [-0.25, -0.2) is 0 Å². The van der Waals surface area contributed by atoms with Crippen LogP contribution in [0.2, 0.25) is 0 Å². The summed E-state index contributed by atoms with van der Waals surface area (Å²) in [6.45, 7) is 11.6. The fourth-order valence-electron chi connectivity index (χ4n) is 5.10. The number of aliphatic hydroxyl groups is 1. The van der Waals surface area contributed by atoms with E-state index >= 15 is 0 Å². The minimum Gasteiger partial charge on any atom is -0.388 e. The van der Waals surface area contributed by atoms with Gasteiger partial charge in [-0.15, -0.1) is 0 Å². The second kappa shape index (κ2) is 14.7. The lowest BCUT2D eigenvalue weighted by Crippen LogP contribution is -2.48. The Morgan fingerprint density at radius 2 is 1.79 bits per heavy atom. The molecule has 0 spiro atoms. The van der Waals surface area contributed by atoms with Crippen LogP contribution in [0.4, 0.5) is 5.69 Å². The minimum absolute atomic E-state index is 0.0347. The molecular formula is C28H48N2O3. The van der Waals surface area contributed by atoms with Crippen molar-refractivity contribution in [1.29, 1.82) is 0 Å². The molecule has 0 saturated carbocycles. The van der Waals surface area contributed by atoms with Gasteiger partial charge in [-0.05, 0) is 51.3 Å². The minimum atomic E-state index is -0.631. The number of rotatable bonds is 13. The first-order chi connectivity index (χ1) is 16.0. The Morgan fingerprint density at radius 3 is 2.45 bits per heavy atom. The van der Waals surface area contributed by atoms with Crippen molar-refractivity contribution in [2.24, 2.45) is 5.92 Å². The second-order valence-corrected chi connectivity index (χ2v) is 9.73. The number of carbonyl (C=O) groups is 1. The van der Waals surface area contributed by atoms with Gasteiger partial charge in [0, 0.05) is 23.6 Å². The van der Waals surface area contributed by atoms with E-state index in [4.69, 9.17) is 4.74 Å². The molecule has 2 N–H and O–H groups in total. The quantitative estimate of drug-likeness (QED) is 0.354. The Kier molecular flexibility index (Phi) is 12.4. The molecule has 0 aliphatic carbocycles. The highest BCUT2D eigenvalue weighted by atomic mass is 16.5. The van der Waals surface area contributed by atoms with Crippen molar-refractivity contribution in [2.75, 3.05) is 31.1 Å². The van der Waals surface area contributed by atoms with E-state index in [9.17, 15) is 9.90 Å². The molecule has 1 aliphatic heterocycles. The lowest BCUT2D eigenvalue weighted by Gasteiger charge is -2.39. The number of para-hydroxylation sites is 1. The van der Waals surface area contributed by atoms with E-state index in [0.29, 0.717) is 19.6 Å². The van der Waals surface area contributed by atoms with E-state index in [1.165, 1.54) is 0 Å². The summed E-state index contributed by atoms with van der Waals surface area (Å²) in [4.78, 5) is 15.5. The average Bonchev–Trinajstić information content (AvgIpc) is 2.86. The number of hydrogen-bond acceptors (Lipinski definition) is 4. The molecule has 188 valence electrons. The van der Waals surface area contributed by atoms with Crippen LogP contribution in [0.3, 0.4) is 0 Å². The summed E-state index contributed by atoms with van der Waals surface area (Å²) >= 11 is 0. The number of nitrogens with zero attached hydrogens (tertiary/aromatic N) is 1. The number of amides is 1. The van der Waals surface area contributed by atoms with Crippen molar-refractivity contribution < 1.29 is 14.6 Å². The zero-order chi connectivity index (χ0) is 24.1. The molecular weight excluding hydrogens is 412 g/mol. The maximum Gasteiger partial charge on any atom is 0.227 e. The molecule has 1 heterocycles. The number of nitrogens with one attached hydrogen (secondary N) is 1. The lowest BCUT2D eigenvalue weighted by molar-refractivity contribution is -0.121. The molecule has 1 aromatic carbocycles. The van der Waals surface area contributed by atoms with E-state index < -0.39 is 6.10 Å². The van der Waals surface area contributed by atoms with Crippen molar-refractivity contribution in [3.63, 3.8) is 0 Å². The molecule has 1 aromatic rings. The topological polar surface area (TPSA) is 61.8 Å². The zero-order valence-corrected chi connectivity index (χ0v) is 21.6. The first-order valence-electron chi connectivity index (χ1n) is 13.4. The summed E-state index contributed by atoms with van der Waals surface area (Å²) in [5, 5.41) is 14.9. The summed E-state index contributed by atoms with van der Waals surface area (Å²) in [6, 6.07) is 7.96. The van der Waals surface area contributed by atoms with E-state index in [-0.39, 0.29) is 17.4 Å². The van der Waals surface area contributed by atoms with E-state index in [1.807, 2.05) is 29.2 Å². The van der Waals surface area contributed by atoms with Crippen molar-refractivity contribution in [2.45, 2.75) is 104 Å². The lowest BCUT2D eigenvalue weighted by atomic mass is 9.90. The molecule has 5 heteroatoms. The Balaban J connectivity index is 2.42. The summed E-state index contributed by atoms with van der Waals surface area (Å²) in [7, 11) is 0. The predicted molar refractivity (Wildman–Crippen MR) is 138 cm³/mol. The normalized spacial score (nSPS) is 20.6. The molecule has 0 saturated heterocycles. The molecule has 5 nitrogen and oxygen atoms in total. The van der Waals surface area contributed by atoms with Crippen molar-refractivity contribution in [1.82, 2.24) is 5.32 Å². The van der Waals surface area contributed by atoms with Gasteiger partial charge in [0.2, 0.25) is 5.91 Å². The standard InChI is InChI=1S/C28H48N2O3/c1-5-9-13-23-21-33-28(17-6-2,18-7-3)22-30(26(31)16-12-20-29-19-8-4)25-15-11-10-14-24(25)27(23)32/h10-11,14-15,23,27,29,32H,5-9,12-13,16-22H2,1-4H3. The van der Waals surface area contributed by atoms with Crippen LogP contribution in [0, 0.1) is 5.92 Å². The van der Waals surface area contributed by atoms with Crippen LogP contribution < -0.4 is 10.2 Å². The van der Waals surface area contributed by atoms with Crippen LogP contribution in [0.15, 0.2) is 24.3 Å². The largest absolute Gasteiger partial charge is 0.388 e. The summed E-state index contributed by atoms with van der Waals surface area (Å²) in [6.07, 6.45) is 8.71. The summed E-state index contributed by atoms with van der Waals surface area (Å²) in [5.74, 6) is 0.160. The number of benzene rings is 1. The molecule has 0 radical (unpaired) electrons. The van der Waals surface area contributed by atoms with Crippen LogP contribution >= 0.6 is 0 Å². The van der Waals surface area contributed by atoms with E-state index in [1.54, 1.807) is 0 Å². The third-order valence-electron chi connectivity index (χ3n) is 6.85. The highest BCUT2D eigenvalue weighted by molar-refractivity contribution is 5.94. The molecule has 0 aromatic heterocycles. The predicted octanol–water partition coefficient (Wildman–Crippen LogP) is 6.01. The first-order valence-corrected chi connectivity index (χ1v) is 13.4. The van der Waals surface area contributed by atoms with Gasteiger partial charge in [-0.1, -0.05) is 71.6 Å². The van der Waals surface area contributed by atoms with E-state index in [2.05, 4.69) is 33.0 Å². The van der Waals surface area contributed by atoms with Gasteiger partial charge in [0.1, 0.15) is 0 Å². The van der Waals surface area contributed by atoms with Crippen molar-refractivity contribution in [3.05, 3.63) is 29.8 Å². The van der Waals surface area contributed by atoms with Crippen LogP contribution in [0.1, 0.15) is 104 Å². The maximum absolute atomic E-state index is 13.6.